The van der Waals surface area contributed by atoms with Crippen LogP contribution < -0.4 is 5.32 Å². The number of hydrogen-bond donors (Lipinski definition) is 2. The lowest BCUT2D eigenvalue weighted by Gasteiger charge is -2.32. The standard InChI is InChI=1S/C13H19N3O2/c17-12(11-7-14-9-15-11)16-10-6-13(18-8-10)4-2-1-3-5-13/h7,9-10H,1-6,8H2,(H,14,15)(H,16,17). The van der Waals surface area contributed by atoms with E-state index in [0.29, 0.717) is 12.3 Å². The highest BCUT2D eigenvalue weighted by atomic mass is 16.5. The van der Waals surface area contributed by atoms with Crippen molar-refractivity contribution in [3.63, 3.8) is 0 Å². The first-order chi connectivity index (χ1) is 8.77. The molecule has 1 aromatic rings. The van der Waals surface area contributed by atoms with Crippen LogP contribution in [-0.4, -0.2) is 34.1 Å². The van der Waals surface area contributed by atoms with Gasteiger partial charge in [0.1, 0.15) is 5.69 Å². The van der Waals surface area contributed by atoms with E-state index in [1.165, 1.54) is 25.6 Å². The summed E-state index contributed by atoms with van der Waals surface area (Å²) in [5, 5.41) is 3.02. The summed E-state index contributed by atoms with van der Waals surface area (Å²) in [6.07, 6.45) is 10.1. The molecule has 1 spiro atoms. The van der Waals surface area contributed by atoms with Crippen molar-refractivity contribution in [2.75, 3.05) is 6.61 Å². The summed E-state index contributed by atoms with van der Waals surface area (Å²) in [5.74, 6) is -0.0889. The fraction of sp³-hybridized carbons (Fsp3) is 0.692. The van der Waals surface area contributed by atoms with Gasteiger partial charge >= 0.3 is 0 Å². The van der Waals surface area contributed by atoms with Crippen LogP contribution in [-0.2, 0) is 4.74 Å². The zero-order valence-corrected chi connectivity index (χ0v) is 10.4. The maximum absolute atomic E-state index is 11.9. The molecule has 1 aliphatic heterocycles. The molecule has 5 heteroatoms. The monoisotopic (exact) mass is 249 g/mol. The average molecular weight is 249 g/mol. The van der Waals surface area contributed by atoms with Crippen LogP contribution in [0.25, 0.3) is 0 Å². The van der Waals surface area contributed by atoms with Crippen LogP contribution in [0, 0.1) is 0 Å². The highest BCUT2D eigenvalue weighted by Gasteiger charge is 2.41. The molecule has 2 heterocycles. The second-order valence-electron chi connectivity index (χ2n) is 5.39. The second-order valence-corrected chi connectivity index (χ2v) is 5.39. The molecular formula is C13H19N3O2. The minimum atomic E-state index is -0.0889. The Labute approximate surface area is 106 Å². The number of amides is 1. The molecule has 18 heavy (non-hydrogen) atoms. The van der Waals surface area contributed by atoms with Crippen LogP contribution in [0.1, 0.15) is 49.0 Å². The Hall–Kier alpha value is -1.36. The number of aromatic nitrogens is 2. The van der Waals surface area contributed by atoms with E-state index in [1.54, 1.807) is 6.20 Å². The molecule has 98 valence electrons. The van der Waals surface area contributed by atoms with Gasteiger partial charge in [0.2, 0.25) is 0 Å². The van der Waals surface area contributed by atoms with Crippen molar-refractivity contribution in [2.45, 2.75) is 50.2 Å². The van der Waals surface area contributed by atoms with Crippen molar-refractivity contribution in [3.05, 3.63) is 18.2 Å². The van der Waals surface area contributed by atoms with Crippen molar-refractivity contribution in [1.29, 1.82) is 0 Å². The van der Waals surface area contributed by atoms with Gasteiger partial charge in [0.05, 0.1) is 30.8 Å². The molecule has 2 aliphatic rings. The third-order valence-corrected chi connectivity index (χ3v) is 4.05. The number of rotatable bonds is 2. The number of hydrogen-bond acceptors (Lipinski definition) is 3. The van der Waals surface area contributed by atoms with E-state index in [4.69, 9.17) is 4.74 Å². The highest BCUT2D eigenvalue weighted by molar-refractivity contribution is 5.92. The van der Waals surface area contributed by atoms with Gasteiger partial charge in [-0.05, 0) is 19.3 Å². The molecule has 1 saturated heterocycles. The molecule has 1 aromatic heterocycles. The lowest BCUT2D eigenvalue weighted by atomic mass is 9.82. The molecule has 5 nitrogen and oxygen atoms in total. The van der Waals surface area contributed by atoms with E-state index in [0.717, 1.165) is 19.3 Å². The summed E-state index contributed by atoms with van der Waals surface area (Å²) in [7, 11) is 0. The maximum atomic E-state index is 11.9. The molecule has 1 amide bonds. The zero-order valence-electron chi connectivity index (χ0n) is 10.4. The summed E-state index contributed by atoms with van der Waals surface area (Å²) >= 11 is 0. The molecule has 2 fully saturated rings. The molecule has 2 N–H and O–H groups in total. The van der Waals surface area contributed by atoms with Gasteiger partial charge in [-0.2, -0.15) is 0 Å². The third-order valence-electron chi connectivity index (χ3n) is 4.05. The molecule has 0 bridgehead atoms. The smallest absolute Gasteiger partial charge is 0.269 e. The Kier molecular flexibility index (Phi) is 3.07. The van der Waals surface area contributed by atoms with E-state index >= 15 is 0 Å². The minimum absolute atomic E-state index is 0.0458. The number of ether oxygens (including phenoxy) is 1. The second kappa shape index (κ2) is 4.72. The number of carbonyl (C=O) groups excluding carboxylic acids is 1. The van der Waals surface area contributed by atoms with Crippen LogP contribution in [0.15, 0.2) is 12.5 Å². The molecule has 1 unspecified atom stereocenters. The SMILES string of the molecule is O=C(NC1COC2(CCCCC2)C1)c1cnc[nH]1. The molecule has 0 aromatic carbocycles. The van der Waals surface area contributed by atoms with Gasteiger partial charge in [0.25, 0.3) is 5.91 Å². The summed E-state index contributed by atoms with van der Waals surface area (Å²) in [5.41, 5.74) is 0.559. The number of nitrogens with one attached hydrogen (secondary N) is 2. The van der Waals surface area contributed by atoms with Gasteiger partial charge in [0, 0.05) is 0 Å². The number of H-pyrrole nitrogens is 1. The van der Waals surface area contributed by atoms with Crippen LogP contribution in [0.5, 0.6) is 0 Å². The quantitative estimate of drug-likeness (QED) is 0.837. The minimum Gasteiger partial charge on any atom is -0.373 e. The van der Waals surface area contributed by atoms with E-state index < -0.39 is 0 Å². The highest BCUT2D eigenvalue weighted by Crippen LogP contribution is 2.39. The van der Waals surface area contributed by atoms with E-state index in [-0.39, 0.29) is 17.6 Å². The maximum Gasteiger partial charge on any atom is 0.269 e. The van der Waals surface area contributed by atoms with E-state index in [2.05, 4.69) is 15.3 Å². The molecule has 1 saturated carbocycles. The molecule has 1 aliphatic carbocycles. The molecular weight excluding hydrogens is 230 g/mol. The Balaban J connectivity index is 1.57. The topological polar surface area (TPSA) is 67.0 Å². The van der Waals surface area contributed by atoms with Gasteiger partial charge in [-0.15, -0.1) is 0 Å². The van der Waals surface area contributed by atoms with Gasteiger partial charge in [-0.3, -0.25) is 4.79 Å². The number of aromatic amines is 1. The predicted octanol–water partition coefficient (Wildman–Crippen LogP) is 1.63. The first kappa shape index (κ1) is 11.7. The van der Waals surface area contributed by atoms with Gasteiger partial charge in [-0.1, -0.05) is 19.3 Å². The third kappa shape index (κ3) is 2.27. The van der Waals surface area contributed by atoms with Crippen molar-refractivity contribution < 1.29 is 9.53 Å². The first-order valence-corrected chi connectivity index (χ1v) is 6.71. The molecule has 3 rings (SSSR count). The Bertz CT molecular complexity index is 410. The number of carbonyl (C=O) groups is 1. The van der Waals surface area contributed by atoms with Gasteiger partial charge in [-0.25, -0.2) is 4.98 Å². The average Bonchev–Trinajstić information content (AvgIpc) is 3.01. The van der Waals surface area contributed by atoms with Crippen LogP contribution in [0.3, 0.4) is 0 Å². The van der Waals surface area contributed by atoms with E-state index in [1.807, 2.05) is 0 Å². The van der Waals surface area contributed by atoms with Crippen LogP contribution in [0.4, 0.5) is 0 Å². The summed E-state index contributed by atoms with van der Waals surface area (Å²) in [6, 6.07) is 0.138. The van der Waals surface area contributed by atoms with E-state index in [9.17, 15) is 4.79 Å². The molecule has 1 atom stereocenters. The number of imidazole rings is 1. The van der Waals surface area contributed by atoms with Gasteiger partial charge < -0.3 is 15.0 Å². The van der Waals surface area contributed by atoms with Crippen LogP contribution in [0.2, 0.25) is 0 Å². The normalized spacial score (nSPS) is 26.3. The fourth-order valence-corrected chi connectivity index (χ4v) is 3.12. The lowest BCUT2D eigenvalue weighted by molar-refractivity contribution is -0.0246. The zero-order chi connectivity index (χ0) is 12.4. The number of nitrogens with zero attached hydrogens (tertiary/aromatic N) is 1. The predicted molar refractivity (Wildman–Crippen MR) is 66.2 cm³/mol. The van der Waals surface area contributed by atoms with Crippen molar-refractivity contribution in [3.8, 4) is 0 Å². The van der Waals surface area contributed by atoms with Crippen molar-refractivity contribution in [1.82, 2.24) is 15.3 Å². The summed E-state index contributed by atoms with van der Waals surface area (Å²) in [4.78, 5) is 18.6. The summed E-state index contributed by atoms with van der Waals surface area (Å²) in [6.45, 7) is 0.639. The summed E-state index contributed by atoms with van der Waals surface area (Å²) < 4.78 is 5.97. The fourth-order valence-electron chi connectivity index (χ4n) is 3.12. The Morgan fingerprint density at radius 3 is 3.00 bits per heavy atom. The van der Waals surface area contributed by atoms with Crippen molar-refractivity contribution in [2.24, 2.45) is 0 Å². The largest absolute Gasteiger partial charge is 0.373 e. The Morgan fingerprint density at radius 1 is 1.44 bits per heavy atom. The first-order valence-electron chi connectivity index (χ1n) is 6.71. The molecule has 0 radical (unpaired) electrons. The van der Waals surface area contributed by atoms with Crippen molar-refractivity contribution >= 4 is 5.91 Å². The van der Waals surface area contributed by atoms with Crippen LogP contribution >= 0.6 is 0 Å². The van der Waals surface area contributed by atoms with Gasteiger partial charge in [0.15, 0.2) is 0 Å². The Morgan fingerprint density at radius 2 is 2.28 bits per heavy atom. The lowest BCUT2D eigenvalue weighted by Crippen LogP contribution is -2.37.